The van der Waals surface area contributed by atoms with Crippen LogP contribution in [0.3, 0.4) is 0 Å². The van der Waals surface area contributed by atoms with Gasteiger partial charge in [-0.3, -0.25) is 0 Å². The maximum Gasteiger partial charge on any atom is 0.0408 e. The van der Waals surface area contributed by atoms with Gasteiger partial charge in [-0.25, -0.2) is 0 Å². The van der Waals surface area contributed by atoms with E-state index in [1.54, 1.807) is 0 Å². The molecule has 0 fully saturated rings. The minimum Gasteiger partial charge on any atom is -0.330 e. The molecule has 2 N–H and O–H groups in total. The van der Waals surface area contributed by atoms with E-state index in [-0.39, 0.29) is 0 Å². The van der Waals surface area contributed by atoms with E-state index in [0.29, 0.717) is 12.5 Å². The van der Waals surface area contributed by atoms with E-state index in [0.717, 1.165) is 5.02 Å². The van der Waals surface area contributed by atoms with Gasteiger partial charge in [0.05, 0.1) is 0 Å². The normalized spacial score (nSPS) is 11.5. The molecular weight excluding hydrogens is 182 g/mol. The lowest BCUT2D eigenvalue weighted by Crippen LogP contribution is -2.08. The Morgan fingerprint density at radius 3 is 2.46 bits per heavy atom. The molecule has 0 bridgehead atoms. The molecule has 1 nitrogen and oxygen atoms in total. The van der Waals surface area contributed by atoms with Crippen molar-refractivity contribution in [3.05, 3.63) is 34.9 Å². The van der Waals surface area contributed by atoms with Crippen molar-refractivity contribution in [1.82, 2.24) is 0 Å². The maximum absolute atomic E-state index is 5.81. The van der Waals surface area contributed by atoms with Crippen LogP contribution in [-0.4, -0.2) is 6.54 Å². The third kappa shape index (κ3) is 4.30. The Morgan fingerprint density at radius 1 is 1.38 bits per heavy atom. The number of benzene rings is 1. The van der Waals surface area contributed by atoms with Gasteiger partial charge in [0.1, 0.15) is 0 Å². The largest absolute Gasteiger partial charge is 0.330 e. The zero-order valence-corrected chi connectivity index (χ0v) is 9.31. The number of hydrogen-bond donors (Lipinski definition) is 1. The molecule has 1 aromatic rings. The first-order chi connectivity index (χ1) is 6.24. The van der Waals surface area contributed by atoms with Crippen molar-refractivity contribution in [2.45, 2.75) is 26.7 Å². The molecule has 0 aliphatic heterocycles. The van der Waals surface area contributed by atoms with E-state index in [1.807, 2.05) is 38.1 Å². The molecule has 1 unspecified atom stereocenters. The highest BCUT2D eigenvalue weighted by Gasteiger charge is 2.01. The summed E-state index contributed by atoms with van der Waals surface area (Å²) in [4.78, 5) is 0. The fourth-order valence-corrected chi connectivity index (χ4v) is 1.15. The standard InChI is InChI=1S/C9H12ClN.C2H6/c1-7(6-11)8-3-2-4-9(10)5-8;1-2/h2-5,7H,6,11H2,1H3;1-2H3. The van der Waals surface area contributed by atoms with Crippen LogP contribution in [0.2, 0.25) is 5.02 Å². The van der Waals surface area contributed by atoms with Crippen molar-refractivity contribution in [2.24, 2.45) is 5.73 Å². The predicted octanol–water partition coefficient (Wildman–Crippen LogP) is 3.43. The van der Waals surface area contributed by atoms with E-state index in [2.05, 4.69) is 6.92 Å². The smallest absolute Gasteiger partial charge is 0.0408 e. The average Bonchev–Trinajstić information content (AvgIpc) is 2.20. The van der Waals surface area contributed by atoms with Crippen LogP contribution in [0.5, 0.6) is 0 Å². The Morgan fingerprint density at radius 2 is 2.00 bits per heavy atom. The van der Waals surface area contributed by atoms with Gasteiger partial charge in [-0.15, -0.1) is 0 Å². The van der Waals surface area contributed by atoms with Gasteiger partial charge >= 0.3 is 0 Å². The zero-order chi connectivity index (χ0) is 10.3. The number of halogens is 1. The van der Waals surface area contributed by atoms with E-state index >= 15 is 0 Å². The monoisotopic (exact) mass is 199 g/mol. The van der Waals surface area contributed by atoms with E-state index in [9.17, 15) is 0 Å². The fraction of sp³-hybridized carbons (Fsp3) is 0.455. The van der Waals surface area contributed by atoms with Gasteiger partial charge < -0.3 is 5.73 Å². The quantitative estimate of drug-likeness (QED) is 0.776. The molecule has 0 aromatic heterocycles. The molecule has 0 aliphatic carbocycles. The van der Waals surface area contributed by atoms with Crippen LogP contribution in [0.1, 0.15) is 32.3 Å². The Hall–Kier alpha value is -0.530. The van der Waals surface area contributed by atoms with Gasteiger partial charge in [0, 0.05) is 5.02 Å². The number of hydrogen-bond acceptors (Lipinski definition) is 1. The second kappa shape index (κ2) is 6.93. The molecule has 0 saturated carbocycles. The first-order valence-corrected chi connectivity index (χ1v) is 5.07. The number of nitrogens with two attached hydrogens (primary N) is 1. The lowest BCUT2D eigenvalue weighted by molar-refractivity contribution is 0.774. The third-order valence-electron chi connectivity index (χ3n) is 1.77. The Balaban J connectivity index is 0.000000671. The molecule has 0 heterocycles. The van der Waals surface area contributed by atoms with Crippen LogP contribution in [0.15, 0.2) is 24.3 Å². The molecule has 74 valence electrons. The minimum absolute atomic E-state index is 0.397. The SMILES string of the molecule is CC.CC(CN)c1cccc(Cl)c1. The molecule has 13 heavy (non-hydrogen) atoms. The molecule has 0 spiro atoms. The van der Waals surface area contributed by atoms with Crippen molar-refractivity contribution < 1.29 is 0 Å². The van der Waals surface area contributed by atoms with Crippen molar-refractivity contribution in [3.8, 4) is 0 Å². The molecule has 1 atom stereocenters. The maximum atomic E-state index is 5.81. The van der Waals surface area contributed by atoms with E-state index in [4.69, 9.17) is 17.3 Å². The summed E-state index contributed by atoms with van der Waals surface area (Å²) in [7, 11) is 0. The van der Waals surface area contributed by atoms with Gasteiger partial charge in [0.25, 0.3) is 0 Å². The first kappa shape index (κ1) is 12.5. The van der Waals surface area contributed by atoms with Gasteiger partial charge in [0.15, 0.2) is 0 Å². The second-order valence-corrected chi connectivity index (χ2v) is 3.13. The molecule has 0 saturated heterocycles. The molecule has 0 aliphatic rings. The van der Waals surface area contributed by atoms with Crippen molar-refractivity contribution in [3.63, 3.8) is 0 Å². The van der Waals surface area contributed by atoms with Crippen molar-refractivity contribution >= 4 is 11.6 Å². The fourth-order valence-electron chi connectivity index (χ4n) is 0.949. The van der Waals surface area contributed by atoms with Crippen LogP contribution in [0.4, 0.5) is 0 Å². The lowest BCUT2D eigenvalue weighted by atomic mass is 10.0. The van der Waals surface area contributed by atoms with Crippen LogP contribution in [0.25, 0.3) is 0 Å². The van der Waals surface area contributed by atoms with Crippen LogP contribution in [-0.2, 0) is 0 Å². The van der Waals surface area contributed by atoms with Crippen LogP contribution < -0.4 is 5.73 Å². The second-order valence-electron chi connectivity index (χ2n) is 2.69. The number of rotatable bonds is 2. The van der Waals surface area contributed by atoms with Gasteiger partial charge in [-0.05, 0) is 30.2 Å². The molecule has 1 rings (SSSR count). The van der Waals surface area contributed by atoms with Gasteiger partial charge in [-0.1, -0.05) is 44.5 Å². The predicted molar refractivity (Wildman–Crippen MR) is 60.3 cm³/mol. The van der Waals surface area contributed by atoms with Crippen molar-refractivity contribution in [2.75, 3.05) is 6.54 Å². The summed E-state index contributed by atoms with van der Waals surface area (Å²) in [5, 5.41) is 0.780. The highest BCUT2D eigenvalue weighted by atomic mass is 35.5. The van der Waals surface area contributed by atoms with Gasteiger partial charge in [-0.2, -0.15) is 0 Å². The van der Waals surface area contributed by atoms with Crippen LogP contribution >= 0.6 is 11.6 Å². The topological polar surface area (TPSA) is 26.0 Å². The summed E-state index contributed by atoms with van der Waals surface area (Å²) < 4.78 is 0. The summed E-state index contributed by atoms with van der Waals surface area (Å²) in [6.07, 6.45) is 0. The Bertz CT molecular complexity index is 235. The summed E-state index contributed by atoms with van der Waals surface area (Å²) in [5.41, 5.74) is 6.72. The summed E-state index contributed by atoms with van der Waals surface area (Å²) in [6.45, 7) is 6.76. The Labute approximate surface area is 85.9 Å². The molecule has 0 amide bonds. The highest BCUT2D eigenvalue weighted by molar-refractivity contribution is 6.30. The summed E-state index contributed by atoms with van der Waals surface area (Å²) in [6, 6.07) is 7.82. The van der Waals surface area contributed by atoms with Crippen LogP contribution in [0, 0.1) is 0 Å². The highest BCUT2D eigenvalue weighted by Crippen LogP contribution is 2.17. The lowest BCUT2D eigenvalue weighted by Gasteiger charge is -2.07. The molecule has 1 aromatic carbocycles. The Kier molecular flexibility index (Phi) is 6.65. The zero-order valence-electron chi connectivity index (χ0n) is 8.55. The van der Waals surface area contributed by atoms with E-state index < -0.39 is 0 Å². The minimum atomic E-state index is 0.397. The molecule has 2 heteroatoms. The summed E-state index contributed by atoms with van der Waals surface area (Å²) in [5.74, 6) is 0.397. The molecular formula is C11H18ClN. The van der Waals surface area contributed by atoms with Gasteiger partial charge in [0.2, 0.25) is 0 Å². The third-order valence-corrected chi connectivity index (χ3v) is 2.01. The molecule has 0 radical (unpaired) electrons. The van der Waals surface area contributed by atoms with Crippen molar-refractivity contribution in [1.29, 1.82) is 0 Å². The van der Waals surface area contributed by atoms with E-state index in [1.165, 1.54) is 5.56 Å². The average molecular weight is 200 g/mol. The summed E-state index contributed by atoms with van der Waals surface area (Å²) >= 11 is 5.81. The first-order valence-electron chi connectivity index (χ1n) is 4.69.